The first-order chi connectivity index (χ1) is 7.17. The summed E-state index contributed by atoms with van der Waals surface area (Å²) in [5, 5.41) is 8.74. The zero-order chi connectivity index (χ0) is 11.3. The predicted octanol–water partition coefficient (Wildman–Crippen LogP) is 1.27. The molecule has 1 atom stereocenters. The summed E-state index contributed by atoms with van der Waals surface area (Å²) in [7, 11) is 1.57. The topological polar surface area (TPSA) is 59.0 Å². The van der Waals surface area contributed by atoms with Gasteiger partial charge in [-0.2, -0.15) is 5.26 Å². The Morgan fingerprint density at radius 2 is 2.20 bits per heavy atom. The fraction of sp³-hybridized carbons (Fsp3) is 0.250. The van der Waals surface area contributed by atoms with Crippen LogP contribution in [-0.2, 0) is 0 Å². The second-order valence-electron chi connectivity index (χ2n) is 3.08. The minimum Gasteiger partial charge on any atom is -0.495 e. The lowest BCUT2D eigenvalue weighted by molar-refractivity contribution is 0.413. The van der Waals surface area contributed by atoms with E-state index in [1.54, 1.807) is 32.2 Å². The van der Waals surface area contributed by atoms with Crippen molar-refractivity contribution in [2.24, 2.45) is 5.73 Å². The van der Waals surface area contributed by atoms with Crippen LogP contribution in [-0.4, -0.2) is 13.2 Å². The van der Waals surface area contributed by atoms with Gasteiger partial charge in [-0.25, -0.2) is 0 Å². The van der Waals surface area contributed by atoms with Crippen LogP contribution in [0.5, 0.6) is 5.75 Å². The summed E-state index contributed by atoms with van der Waals surface area (Å²) in [6.45, 7) is 1.80. The standard InChI is InChI=1S/C12H12N2O/c1-9(14)3-5-11-7-10(8-13)4-6-12(11)15-2/h4,6-7,9H,14H2,1-2H3. The van der Waals surface area contributed by atoms with Crippen LogP contribution in [0.2, 0.25) is 0 Å². The molecule has 0 saturated heterocycles. The highest BCUT2D eigenvalue weighted by Crippen LogP contribution is 2.18. The number of hydrogen-bond acceptors (Lipinski definition) is 3. The Hall–Kier alpha value is -1.97. The fourth-order valence-electron chi connectivity index (χ4n) is 1.07. The SMILES string of the molecule is COc1ccc(C#N)cc1C#CC(C)N. The van der Waals surface area contributed by atoms with Gasteiger partial charge in [-0.1, -0.05) is 11.8 Å². The lowest BCUT2D eigenvalue weighted by Gasteiger charge is -2.02. The molecular weight excluding hydrogens is 188 g/mol. The average molecular weight is 200 g/mol. The van der Waals surface area contributed by atoms with Crippen molar-refractivity contribution >= 4 is 0 Å². The normalized spacial score (nSPS) is 10.8. The largest absolute Gasteiger partial charge is 0.495 e. The van der Waals surface area contributed by atoms with Crippen molar-refractivity contribution in [3.05, 3.63) is 29.3 Å². The summed E-state index contributed by atoms with van der Waals surface area (Å²) >= 11 is 0. The molecule has 0 amide bonds. The summed E-state index contributed by atoms with van der Waals surface area (Å²) in [4.78, 5) is 0. The lowest BCUT2D eigenvalue weighted by atomic mass is 10.1. The van der Waals surface area contributed by atoms with Crippen LogP contribution in [0.3, 0.4) is 0 Å². The third-order valence-electron chi connectivity index (χ3n) is 1.76. The first kappa shape index (κ1) is 11.1. The molecule has 0 fully saturated rings. The van der Waals surface area contributed by atoms with Crippen LogP contribution in [0.1, 0.15) is 18.1 Å². The summed E-state index contributed by atoms with van der Waals surface area (Å²) in [5.41, 5.74) is 6.77. The first-order valence-electron chi connectivity index (χ1n) is 4.52. The molecule has 3 heteroatoms. The van der Waals surface area contributed by atoms with Crippen LogP contribution in [0.4, 0.5) is 0 Å². The predicted molar refractivity (Wildman–Crippen MR) is 58.2 cm³/mol. The number of nitrogens with zero attached hydrogens (tertiary/aromatic N) is 1. The molecule has 1 aromatic rings. The quantitative estimate of drug-likeness (QED) is 0.694. The van der Waals surface area contributed by atoms with Crippen molar-refractivity contribution in [1.29, 1.82) is 5.26 Å². The molecule has 0 aromatic heterocycles. The average Bonchev–Trinajstić information content (AvgIpc) is 2.25. The van der Waals surface area contributed by atoms with Gasteiger partial charge < -0.3 is 10.5 Å². The Kier molecular flexibility index (Phi) is 3.74. The molecule has 3 nitrogen and oxygen atoms in total. The monoisotopic (exact) mass is 200 g/mol. The molecule has 0 aliphatic carbocycles. The number of methoxy groups -OCH3 is 1. The van der Waals surface area contributed by atoms with E-state index in [2.05, 4.69) is 17.9 Å². The van der Waals surface area contributed by atoms with Gasteiger partial charge in [-0.05, 0) is 25.1 Å². The number of benzene rings is 1. The number of nitriles is 1. The molecule has 0 aliphatic heterocycles. The third-order valence-corrected chi connectivity index (χ3v) is 1.76. The maximum atomic E-state index is 8.74. The number of hydrogen-bond donors (Lipinski definition) is 1. The van der Waals surface area contributed by atoms with E-state index in [4.69, 9.17) is 15.7 Å². The summed E-state index contributed by atoms with van der Waals surface area (Å²) in [5.74, 6) is 6.37. The van der Waals surface area contributed by atoms with Crippen molar-refractivity contribution in [1.82, 2.24) is 0 Å². The van der Waals surface area contributed by atoms with Crippen molar-refractivity contribution in [2.45, 2.75) is 13.0 Å². The van der Waals surface area contributed by atoms with Gasteiger partial charge in [0.1, 0.15) is 5.75 Å². The number of nitrogens with two attached hydrogens (primary N) is 1. The van der Waals surface area contributed by atoms with E-state index in [0.717, 1.165) is 0 Å². The molecule has 0 aliphatic rings. The van der Waals surface area contributed by atoms with Gasteiger partial charge in [0.05, 0.1) is 30.3 Å². The lowest BCUT2D eigenvalue weighted by Crippen LogP contribution is -2.10. The minimum atomic E-state index is -0.194. The van der Waals surface area contributed by atoms with Gasteiger partial charge in [0.15, 0.2) is 0 Å². The van der Waals surface area contributed by atoms with Crippen molar-refractivity contribution in [2.75, 3.05) is 7.11 Å². The fourth-order valence-corrected chi connectivity index (χ4v) is 1.07. The molecule has 0 saturated carbocycles. The molecule has 2 N–H and O–H groups in total. The van der Waals surface area contributed by atoms with Crippen LogP contribution in [0, 0.1) is 23.2 Å². The van der Waals surface area contributed by atoms with E-state index in [9.17, 15) is 0 Å². The van der Waals surface area contributed by atoms with Gasteiger partial charge in [-0.3, -0.25) is 0 Å². The summed E-state index contributed by atoms with van der Waals surface area (Å²) in [6.07, 6.45) is 0. The van der Waals surface area contributed by atoms with E-state index in [1.807, 2.05) is 0 Å². The van der Waals surface area contributed by atoms with Crippen LogP contribution in [0.15, 0.2) is 18.2 Å². The second-order valence-corrected chi connectivity index (χ2v) is 3.08. The zero-order valence-corrected chi connectivity index (χ0v) is 8.74. The highest BCUT2D eigenvalue weighted by Gasteiger charge is 2.01. The maximum absolute atomic E-state index is 8.74. The second kappa shape index (κ2) is 5.05. The molecule has 76 valence electrons. The number of rotatable bonds is 1. The zero-order valence-electron chi connectivity index (χ0n) is 8.74. The van der Waals surface area contributed by atoms with E-state index < -0.39 is 0 Å². The van der Waals surface area contributed by atoms with Crippen molar-refractivity contribution in [3.63, 3.8) is 0 Å². The van der Waals surface area contributed by atoms with E-state index in [-0.39, 0.29) is 6.04 Å². The summed E-state index contributed by atoms with van der Waals surface area (Å²) < 4.78 is 5.12. The van der Waals surface area contributed by atoms with E-state index >= 15 is 0 Å². The highest BCUT2D eigenvalue weighted by atomic mass is 16.5. The van der Waals surface area contributed by atoms with Crippen LogP contribution < -0.4 is 10.5 Å². The molecule has 1 unspecified atom stereocenters. The third kappa shape index (κ3) is 3.02. The highest BCUT2D eigenvalue weighted by molar-refractivity contribution is 5.51. The number of ether oxygens (including phenoxy) is 1. The Morgan fingerprint density at radius 3 is 2.73 bits per heavy atom. The Morgan fingerprint density at radius 1 is 1.47 bits per heavy atom. The molecule has 1 rings (SSSR count). The molecular formula is C12H12N2O. The maximum Gasteiger partial charge on any atom is 0.134 e. The van der Waals surface area contributed by atoms with Crippen molar-refractivity contribution < 1.29 is 4.74 Å². The van der Waals surface area contributed by atoms with Gasteiger partial charge in [0.25, 0.3) is 0 Å². The van der Waals surface area contributed by atoms with Gasteiger partial charge in [-0.15, -0.1) is 0 Å². The van der Waals surface area contributed by atoms with Gasteiger partial charge >= 0.3 is 0 Å². The molecule has 0 spiro atoms. The Labute approximate surface area is 89.5 Å². The van der Waals surface area contributed by atoms with Gasteiger partial charge in [0.2, 0.25) is 0 Å². The van der Waals surface area contributed by atoms with Gasteiger partial charge in [0, 0.05) is 0 Å². The minimum absolute atomic E-state index is 0.194. The van der Waals surface area contributed by atoms with E-state index in [0.29, 0.717) is 16.9 Å². The molecule has 0 bridgehead atoms. The van der Waals surface area contributed by atoms with Crippen LogP contribution in [0.25, 0.3) is 0 Å². The van der Waals surface area contributed by atoms with Crippen molar-refractivity contribution in [3.8, 4) is 23.7 Å². The smallest absolute Gasteiger partial charge is 0.134 e. The Balaban J connectivity index is 3.15. The molecule has 15 heavy (non-hydrogen) atoms. The van der Waals surface area contributed by atoms with E-state index in [1.165, 1.54) is 0 Å². The summed E-state index contributed by atoms with van der Waals surface area (Å²) in [6, 6.07) is 6.96. The molecule has 1 aromatic carbocycles. The molecule has 0 radical (unpaired) electrons. The Bertz CT molecular complexity index is 447. The first-order valence-corrected chi connectivity index (χ1v) is 4.52. The van der Waals surface area contributed by atoms with Crippen LogP contribution >= 0.6 is 0 Å². The molecule has 0 heterocycles.